The summed E-state index contributed by atoms with van der Waals surface area (Å²) in [6.45, 7) is 0. The molecule has 2 aromatic rings. The Morgan fingerprint density at radius 2 is 1.90 bits per heavy atom. The van der Waals surface area contributed by atoms with Crippen LogP contribution in [0, 0.1) is 17.5 Å². The molecule has 1 amide bonds. The first kappa shape index (κ1) is 13.9. The van der Waals surface area contributed by atoms with Gasteiger partial charge in [0.25, 0.3) is 5.91 Å². The molecule has 1 aromatic carbocycles. The van der Waals surface area contributed by atoms with Crippen molar-refractivity contribution in [1.82, 2.24) is 4.98 Å². The molecule has 20 heavy (non-hydrogen) atoms. The van der Waals surface area contributed by atoms with Gasteiger partial charge in [-0.15, -0.1) is 0 Å². The molecule has 0 bridgehead atoms. The first-order chi connectivity index (χ1) is 9.52. The van der Waals surface area contributed by atoms with Crippen molar-refractivity contribution in [3.8, 4) is 5.88 Å². The number of carbonyl (C=O) groups excluding carboxylic acids is 1. The lowest BCUT2D eigenvalue weighted by atomic mass is 10.2. The second kappa shape index (κ2) is 5.60. The number of amides is 1. The van der Waals surface area contributed by atoms with Crippen molar-refractivity contribution in [3.05, 3.63) is 53.5 Å². The van der Waals surface area contributed by atoms with E-state index in [1.165, 1.54) is 25.3 Å². The maximum Gasteiger partial charge on any atom is 0.274 e. The molecule has 0 fully saturated rings. The van der Waals surface area contributed by atoms with Crippen molar-refractivity contribution in [3.63, 3.8) is 0 Å². The minimum absolute atomic E-state index is 0.0477. The second-order valence-electron chi connectivity index (χ2n) is 3.74. The number of rotatable bonds is 3. The van der Waals surface area contributed by atoms with E-state index in [0.29, 0.717) is 6.07 Å². The zero-order chi connectivity index (χ0) is 14.7. The average Bonchev–Trinajstić information content (AvgIpc) is 2.48. The third kappa shape index (κ3) is 2.71. The summed E-state index contributed by atoms with van der Waals surface area (Å²) in [5.74, 6) is -5.03. The van der Waals surface area contributed by atoms with Gasteiger partial charge in [0.1, 0.15) is 5.69 Å². The zero-order valence-corrected chi connectivity index (χ0v) is 10.3. The van der Waals surface area contributed by atoms with Gasteiger partial charge in [0, 0.05) is 6.07 Å². The highest BCUT2D eigenvalue weighted by atomic mass is 19.2. The number of pyridine rings is 1. The van der Waals surface area contributed by atoms with Crippen LogP contribution < -0.4 is 10.1 Å². The first-order valence-corrected chi connectivity index (χ1v) is 5.49. The molecule has 0 aliphatic rings. The molecule has 0 atom stereocenters. The summed E-state index contributed by atoms with van der Waals surface area (Å²) in [5, 5.41) is 2.11. The number of aromatic nitrogens is 1. The molecule has 7 heteroatoms. The number of hydrogen-bond acceptors (Lipinski definition) is 3. The molecule has 0 saturated heterocycles. The molecule has 0 spiro atoms. The van der Waals surface area contributed by atoms with E-state index in [0.717, 1.165) is 6.07 Å². The number of ether oxygens (including phenoxy) is 1. The molecule has 1 heterocycles. The van der Waals surface area contributed by atoms with E-state index in [-0.39, 0.29) is 11.6 Å². The number of carbonyl (C=O) groups is 1. The minimum Gasteiger partial charge on any atom is -0.481 e. The van der Waals surface area contributed by atoms with Crippen molar-refractivity contribution in [1.29, 1.82) is 0 Å². The van der Waals surface area contributed by atoms with E-state index in [1.54, 1.807) is 0 Å². The molecule has 0 radical (unpaired) electrons. The molecule has 2 rings (SSSR count). The Labute approximate surface area is 112 Å². The van der Waals surface area contributed by atoms with E-state index >= 15 is 0 Å². The van der Waals surface area contributed by atoms with Crippen LogP contribution in [0.2, 0.25) is 0 Å². The molecule has 1 aromatic heterocycles. The summed E-state index contributed by atoms with van der Waals surface area (Å²) in [5.41, 5.74) is -0.521. The van der Waals surface area contributed by atoms with Crippen molar-refractivity contribution in [2.45, 2.75) is 0 Å². The Morgan fingerprint density at radius 1 is 1.15 bits per heavy atom. The quantitative estimate of drug-likeness (QED) is 0.881. The molecule has 0 unspecified atom stereocenters. The Balaban J connectivity index is 2.25. The lowest BCUT2D eigenvalue weighted by Gasteiger charge is -2.07. The van der Waals surface area contributed by atoms with Crippen LogP contribution in [-0.2, 0) is 0 Å². The van der Waals surface area contributed by atoms with Crippen LogP contribution in [-0.4, -0.2) is 18.0 Å². The number of nitrogens with one attached hydrogen (secondary N) is 1. The zero-order valence-electron chi connectivity index (χ0n) is 10.3. The predicted molar refractivity (Wildman–Crippen MR) is 65.1 cm³/mol. The van der Waals surface area contributed by atoms with Crippen molar-refractivity contribution in [2.75, 3.05) is 12.4 Å². The summed E-state index contributed by atoms with van der Waals surface area (Å²) >= 11 is 0. The number of anilines is 1. The number of methoxy groups -OCH3 is 1. The van der Waals surface area contributed by atoms with Crippen molar-refractivity contribution < 1.29 is 22.7 Å². The van der Waals surface area contributed by atoms with Gasteiger partial charge < -0.3 is 10.1 Å². The van der Waals surface area contributed by atoms with E-state index < -0.39 is 29.0 Å². The van der Waals surface area contributed by atoms with E-state index in [4.69, 9.17) is 4.74 Å². The van der Waals surface area contributed by atoms with Crippen LogP contribution in [0.3, 0.4) is 0 Å². The van der Waals surface area contributed by atoms with Gasteiger partial charge in [-0.3, -0.25) is 4.79 Å². The van der Waals surface area contributed by atoms with Crippen LogP contribution in [0.15, 0.2) is 30.3 Å². The highest BCUT2D eigenvalue weighted by molar-refractivity contribution is 6.03. The normalized spacial score (nSPS) is 10.2. The summed E-state index contributed by atoms with van der Waals surface area (Å²) in [4.78, 5) is 15.7. The van der Waals surface area contributed by atoms with Gasteiger partial charge in [-0.05, 0) is 18.2 Å². The molecule has 0 aliphatic carbocycles. The Bertz CT molecular complexity index is 662. The Kier molecular flexibility index (Phi) is 3.88. The summed E-state index contributed by atoms with van der Waals surface area (Å²) in [6, 6.07) is 6.05. The van der Waals surface area contributed by atoms with Crippen LogP contribution in [0.25, 0.3) is 0 Å². The molecular weight excluding hydrogens is 273 g/mol. The van der Waals surface area contributed by atoms with E-state index in [1.807, 2.05) is 0 Å². The summed E-state index contributed by atoms with van der Waals surface area (Å²) < 4.78 is 44.0. The van der Waals surface area contributed by atoms with Gasteiger partial charge in [-0.2, -0.15) is 0 Å². The first-order valence-electron chi connectivity index (χ1n) is 5.49. The topological polar surface area (TPSA) is 51.2 Å². The number of halogens is 3. The third-order valence-electron chi connectivity index (χ3n) is 2.45. The summed E-state index contributed by atoms with van der Waals surface area (Å²) in [6.07, 6.45) is 0. The molecule has 1 N–H and O–H groups in total. The smallest absolute Gasteiger partial charge is 0.274 e. The molecule has 104 valence electrons. The summed E-state index contributed by atoms with van der Waals surface area (Å²) in [7, 11) is 1.37. The highest BCUT2D eigenvalue weighted by Crippen LogP contribution is 2.20. The Hall–Kier alpha value is -2.57. The third-order valence-corrected chi connectivity index (χ3v) is 2.45. The van der Waals surface area contributed by atoms with Gasteiger partial charge in [0.15, 0.2) is 17.5 Å². The SMILES string of the molecule is COc1cccc(C(=O)Nc2ccc(F)c(F)c2F)n1. The predicted octanol–water partition coefficient (Wildman–Crippen LogP) is 2.76. The van der Waals surface area contributed by atoms with Gasteiger partial charge in [0.05, 0.1) is 12.8 Å². The number of benzene rings is 1. The lowest BCUT2D eigenvalue weighted by Crippen LogP contribution is -2.15. The van der Waals surface area contributed by atoms with E-state index in [9.17, 15) is 18.0 Å². The van der Waals surface area contributed by atoms with E-state index in [2.05, 4.69) is 10.3 Å². The van der Waals surface area contributed by atoms with Crippen molar-refractivity contribution in [2.24, 2.45) is 0 Å². The lowest BCUT2D eigenvalue weighted by molar-refractivity contribution is 0.102. The molecule has 0 saturated carbocycles. The average molecular weight is 282 g/mol. The van der Waals surface area contributed by atoms with Crippen LogP contribution in [0.5, 0.6) is 5.88 Å². The van der Waals surface area contributed by atoms with Gasteiger partial charge in [-0.25, -0.2) is 18.2 Å². The largest absolute Gasteiger partial charge is 0.481 e. The molecular formula is C13H9F3N2O2. The fourth-order valence-corrected chi connectivity index (χ4v) is 1.46. The van der Waals surface area contributed by atoms with Crippen molar-refractivity contribution >= 4 is 11.6 Å². The van der Waals surface area contributed by atoms with Crippen LogP contribution >= 0.6 is 0 Å². The fourth-order valence-electron chi connectivity index (χ4n) is 1.46. The van der Waals surface area contributed by atoms with Gasteiger partial charge in [-0.1, -0.05) is 6.07 Å². The standard InChI is InChI=1S/C13H9F3N2O2/c1-20-10-4-2-3-9(17-10)13(19)18-8-6-5-7(14)11(15)12(8)16/h2-6H,1H3,(H,18,19). The minimum atomic E-state index is -1.65. The number of hydrogen-bond donors (Lipinski definition) is 1. The second-order valence-corrected chi connectivity index (χ2v) is 3.74. The Morgan fingerprint density at radius 3 is 2.60 bits per heavy atom. The van der Waals surface area contributed by atoms with Crippen LogP contribution in [0.4, 0.5) is 18.9 Å². The monoisotopic (exact) mass is 282 g/mol. The van der Waals surface area contributed by atoms with Gasteiger partial charge in [0.2, 0.25) is 5.88 Å². The number of nitrogens with zero attached hydrogens (tertiary/aromatic N) is 1. The van der Waals surface area contributed by atoms with Crippen LogP contribution in [0.1, 0.15) is 10.5 Å². The van der Waals surface area contributed by atoms with Gasteiger partial charge >= 0.3 is 0 Å². The molecule has 4 nitrogen and oxygen atoms in total. The maximum absolute atomic E-state index is 13.4. The maximum atomic E-state index is 13.4. The fraction of sp³-hybridized carbons (Fsp3) is 0.0769. The molecule has 0 aliphatic heterocycles. The highest BCUT2D eigenvalue weighted by Gasteiger charge is 2.16.